The lowest BCUT2D eigenvalue weighted by atomic mass is 10.1. The normalized spacial score (nSPS) is 15.5. The molecule has 1 aliphatic heterocycles. The van der Waals surface area contributed by atoms with Gasteiger partial charge in [-0.3, -0.25) is 4.79 Å². The summed E-state index contributed by atoms with van der Waals surface area (Å²) in [5.41, 5.74) is 3.06. The summed E-state index contributed by atoms with van der Waals surface area (Å²) >= 11 is 0. The third kappa shape index (κ3) is 3.26. The monoisotopic (exact) mass is 333 g/mol. The van der Waals surface area contributed by atoms with Crippen molar-refractivity contribution < 1.29 is 9.53 Å². The van der Waals surface area contributed by atoms with E-state index in [2.05, 4.69) is 10.4 Å². The zero-order valence-electron chi connectivity index (χ0n) is 14.0. The van der Waals surface area contributed by atoms with Crippen LogP contribution in [0.4, 0.5) is 5.82 Å². The number of amides is 1. The van der Waals surface area contributed by atoms with Gasteiger partial charge in [-0.25, -0.2) is 4.68 Å². The Morgan fingerprint density at radius 3 is 2.76 bits per heavy atom. The van der Waals surface area contributed by atoms with Gasteiger partial charge < -0.3 is 10.1 Å². The number of hydrogen-bond donors (Lipinski definition) is 1. The van der Waals surface area contributed by atoms with Crippen LogP contribution in [0.3, 0.4) is 0 Å². The first kappa shape index (κ1) is 15.4. The number of rotatable bonds is 4. The second-order valence-corrected chi connectivity index (χ2v) is 6.22. The minimum absolute atomic E-state index is 0.148. The number of ether oxygens (including phenoxy) is 1. The molecule has 1 aliphatic rings. The highest BCUT2D eigenvalue weighted by Gasteiger charge is 2.29. The second-order valence-electron chi connectivity index (χ2n) is 6.22. The maximum atomic E-state index is 12.6. The predicted molar refractivity (Wildman–Crippen MR) is 95.7 cm³/mol. The van der Waals surface area contributed by atoms with E-state index in [4.69, 9.17) is 4.74 Å². The van der Waals surface area contributed by atoms with E-state index in [0.29, 0.717) is 18.8 Å². The average molecular weight is 333 g/mol. The molecule has 1 N–H and O–H groups in total. The van der Waals surface area contributed by atoms with Gasteiger partial charge in [0.05, 0.1) is 12.2 Å². The summed E-state index contributed by atoms with van der Waals surface area (Å²) in [6.45, 7) is 2.52. The summed E-state index contributed by atoms with van der Waals surface area (Å²) in [5.74, 6) is 1.33. The van der Waals surface area contributed by atoms with E-state index in [1.165, 1.54) is 0 Å². The molecule has 5 nitrogen and oxygen atoms in total. The minimum Gasteiger partial charge on any atom is -0.480 e. The Bertz CT molecular complexity index is 877. The molecule has 4 rings (SSSR count). The lowest BCUT2D eigenvalue weighted by Crippen LogP contribution is -2.32. The molecule has 0 fully saturated rings. The molecule has 2 heterocycles. The lowest BCUT2D eigenvalue weighted by Gasteiger charge is -2.13. The fourth-order valence-corrected chi connectivity index (χ4v) is 3.06. The van der Waals surface area contributed by atoms with E-state index in [1.807, 2.05) is 72.3 Å². The summed E-state index contributed by atoms with van der Waals surface area (Å²) < 4.78 is 7.57. The largest absolute Gasteiger partial charge is 0.480 e. The number of carbonyl (C=O) groups excluding carboxylic acids is 1. The van der Waals surface area contributed by atoms with E-state index >= 15 is 0 Å². The van der Waals surface area contributed by atoms with Crippen LogP contribution in [-0.4, -0.2) is 21.8 Å². The number of aromatic nitrogens is 2. The molecular formula is C20H19N3O2. The van der Waals surface area contributed by atoms with Gasteiger partial charge in [-0.05, 0) is 24.1 Å². The van der Waals surface area contributed by atoms with Crippen LogP contribution >= 0.6 is 0 Å². The number of aryl methyl sites for hydroxylation is 1. The molecule has 2 aromatic carbocycles. The van der Waals surface area contributed by atoms with Crippen molar-refractivity contribution in [3.63, 3.8) is 0 Å². The van der Waals surface area contributed by atoms with Gasteiger partial charge in [-0.2, -0.15) is 5.10 Å². The van der Waals surface area contributed by atoms with Crippen molar-refractivity contribution in [1.29, 1.82) is 0 Å². The summed E-state index contributed by atoms with van der Waals surface area (Å²) in [6.07, 6.45) is 0.0890. The Morgan fingerprint density at radius 2 is 1.96 bits per heavy atom. The van der Waals surface area contributed by atoms with Crippen LogP contribution in [0, 0.1) is 6.92 Å². The van der Waals surface area contributed by atoms with E-state index in [1.54, 1.807) is 0 Å². The molecule has 126 valence electrons. The van der Waals surface area contributed by atoms with E-state index in [0.717, 1.165) is 22.6 Å². The van der Waals surface area contributed by atoms with Gasteiger partial charge in [-0.1, -0.05) is 48.5 Å². The van der Waals surface area contributed by atoms with E-state index < -0.39 is 6.10 Å². The Hall–Kier alpha value is -3.08. The lowest BCUT2D eigenvalue weighted by molar-refractivity contribution is -0.122. The van der Waals surface area contributed by atoms with Gasteiger partial charge in [-0.15, -0.1) is 0 Å². The molecule has 0 saturated carbocycles. The highest BCUT2D eigenvalue weighted by Crippen LogP contribution is 2.28. The SMILES string of the molecule is Cc1cc(NC(=O)C2Cc3ccccc3O2)n(Cc2ccccc2)n1. The first-order valence-corrected chi connectivity index (χ1v) is 8.33. The summed E-state index contributed by atoms with van der Waals surface area (Å²) in [5, 5.41) is 7.45. The fraction of sp³-hybridized carbons (Fsp3) is 0.200. The molecule has 25 heavy (non-hydrogen) atoms. The van der Waals surface area contributed by atoms with Crippen molar-refractivity contribution in [3.05, 3.63) is 77.5 Å². The molecule has 5 heteroatoms. The smallest absolute Gasteiger partial charge is 0.266 e. The molecule has 0 bridgehead atoms. The average Bonchev–Trinajstić information content (AvgIpc) is 3.19. The Kier molecular flexibility index (Phi) is 3.98. The highest BCUT2D eigenvalue weighted by atomic mass is 16.5. The number of para-hydroxylation sites is 1. The van der Waals surface area contributed by atoms with Crippen LogP contribution in [0.2, 0.25) is 0 Å². The molecule has 1 unspecified atom stereocenters. The van der Waals surface area contributed by atoms with Crippen LogP contribution in [0.25, 0.3) is 0 Å². The van der Waals surface area contributed by atoms with Gasteiger partial charge >= 0.3 is 0 Å². The number of benzene rings is 2. The molecule has 3 aromatic rings. The van der Waals surface area contributed by atoms with Gasteiger partial charge in [0.25, 0.3) is 5.91 Å². The van der Waals surface area contributed by atoms with Crippen molar-refractivity contribution in [2.75, 3.05) is 5.32 Å². The summed E-state index contributed by atoms with van der Waals surface area (Å²) in [6, 6.07) is 19.7. The van der Waals surface area contributed by atoms with Crippen molar-refractivity contribution in [3.8, 4) is 5.75 Å². The molecule has 0 aliphatic carbocycles. The standard InChI is InChI=1S/C20H19N3O2/c1-14-11-19(23(22-14)13-15-7-3-2-4-8-15)21-20(24)18-12-16-9-5-6-10-17(16)25-18/h2-11,18H,12-13H2,1H3,(H,21,24). The first-order chi connectivity index (χ1) is 12.2. The molecule has 0 spiro atoms. The third-order valence-electron chi connectivity index (χ3n) is 4.27. The molecule has 0 saturated heterocycles. The van der Waals surface area contributed by atoms with Crippen LogP contribution < -0.4 is 10.1 Å². The van der Waals surface area contributed by atoms with Crippen molar-refractivity contribution in [2.24, 2.45) is 0 Å². The fourth-order valence-electron chi connectivity index (χ4n) is 3.06. The summed E-state index contributed by atoms with van der Waals surface area (Å²) in [4.78, 5) is 12.6. The number of nitrogens with one attached hydrogen (secondary N) is 1. The van der Waals surface area contributed by atoms with Crippen molar-refractivity contribution in [1.82, 2.24) is 9.78 Å². The Morgan fingerprint density at radius 1 is 1.20 bits per heavy atom. The Labute approximate surface area is 146 Å². The summed E-state index contributed by atoms with van der Waals surface area (Å²) in [7, 11) is 0. The van der Waals surface area contributed by atoms with Crippen LogP contribution in [0.15, 0.2) is 60.7 Å². The first-order valence-electron chi connectivity index (χ1n) is 8.33. The van der Waals surface area contributed by atoms with Crippen LogP contribution in [0.5, 0.6) is 5.75 Å². The quantitative estimate of drug-likeness (QED) is 0.798. The topological polar surface area (TPSA) is 56.1 Å². The number of nitrogens with zero attached hydrogens (tertiary/aromatic N) is 2. The zero-order valence-corrected chi connectivity index (χ0v) is 14.0. The molecule has 1 amide bonds. The van der Waals surface area contributed by atoms with Gasteiger partial charge in [0.15, 0.2) is 6.10 Å². The van der Waals surface area contributed by atoms with E-state index in [-0.39, 0.29) is 5.91 Å². The number of anilines is 1. The molecule has 1 atom stereocenters. The van der Waals surface area contributed by atoms with Gasteiger partial charge in [0.2, 0.25) is 0 Å². The van der Waals surface area contributed by atoms with Crippen molar-refractivity contribution >= 4 is 11.7 Å². The highest BCUT2D eigenvalue weighted by molar-refractivity contribution is 5.94. The maximum absolute atomic E-state index is 12.6. The van der Waals surface area contributed by atoms with Crippen LogP contribution in [-0.2, 0) is 17.8 Å². The van der Waals surface area contributed by atoms with Crippen molar-refractivity contribution in [2.45, 2.75) is 26.0 Å². The maximum Gasteiger partial charge on any atom is 0.266 e. The third-order valence-corrected chi connectivity index (χ3v) is 4.27. The second kappa shape index (κ2) is 6.43. The molecule has 0 radical (unpaired) electrons. The molecular weight excluding hydrogens is 314 g/mol. The molecule has 1 aromatic heterocycles. The number of carbonyl (C=O) groups is 1. The van der Waals surface area contributed by atoms with E-state index in [9.17, 15) is 4.79 Å². The number of hydrogen-bond acceptors (Lipinski definition) is 3. The Balaban J connectivity index is 1.49. The number of fused-ring (bicyclic) bond motifs is 1. The van der Waals surface area contributed by atoms with Gasteiger partial charge in [0, 0.05) is 12.5 Å². The van der Waals surface area contributed by atoms with Crippen LogP contribution in [0.1, 0.15) is 16.8 Å². The minimum atomic E-state index is -0.502. The van der Waals surface area contributed by atoms with Gasteiger partial charge in [0.1, 0.15) is 11.6 Å². The predicted octanol–water partition coefficient (Wildman–Crippen LogP) is 3.18. The zero-order chi connectivity index (χ0) is 17.2.